The van der Waals surface area contributed by atoms with Gasteiger partial charge in [-0.2, -0.15) is 127 Å². The van der Waals surface area contributed by atoms with Gasteiger partial charge in [-0.05, 0) is 42.1 Å². The first-order valence-electron chi connectivity index (χ1n) is 18.4. The maximum absolute atomic E-state index is 14.2. The Labute approximate surface area is 371 Å². The Hall–Kier alpha value is -5.17. The Kier molecular flexibility index (Phi) is 15.2. The van der Waals surface area contributed by atoms with Gasteiger partial charge in [0.15, 0.2) is 0 Å². The summed E-state index contributed by atoms with van der Waals surface area (Å²) in [6.07, 6.45) is -50.3. The van der Waals surface area contributed by atoms with Crippen molar-refractivity contribution in [1.29, 1.82) is 0 Å². The number of hydrogen-bond acceptors (Lipinski definition) is 0. The third kappa shape index (κ3) is 13.1. The number of benzene rings is 5. The number of hydrogen-bond donors (Lipinski definition) is 0. The normalized spacial score (nSPS) is 13.7. The average Bonchev–Trinajstić information content (AvgIpc) is 3.16. The molecule has 0 amide bonds. The van der Waals surface area contributed by atoms with E-state index in [-0.39, 0.29) is 0 Å². The number of halogens is 24. The van der Waals surface area contributed by atoms with Crippen LogP contribution in [0.25, 0.3) is 0 Å². The lowest BCUT2D eigenvalue weighted by molar-refractivity contribution is -0.144. The number of aryl methyl sites for hydroxylation is 1. The van der Waals surface area contributed by atoms with Crippen molar-refractivity contribution in [2.45, 2.75) is 62.1 Å². The average molecular weight is 1030 g/mol. The summed E-state index contributed by atoms with van der Waals surface area (Å²) in [7, 11) is 0.527. The first-order chi connectivity index (χ1) is 30.4. The Morgan fingerprint density at radius 2 is 0.485 bits per heavy atom. The molecule has 5 aromatic carbocycles. The lowest BCUT2D eigenvalue weighted by Crippen LogP contribution is -2.75. The van der Waals surface area contributed by atoms with Gasteiger partial charge < -0.3 is 0 Å². The molecule has 5 aromatic rings. The predicted molar refractivity (Wildman–Crippen MR) is 204 cm³/mol. The summed E-state index contributed by atoms with van der Waals surface area (Å²) in [5.74, 6) is 1.22. The fourth-order valence-electron chi connectivity index (χ4n) is 7.09. The zero-order chi connectivity index (χ0) is 52.2. The van der Waals surface area contributed by atoms with E-state index in [2.05, 4.69) is 43.7 Å². The molecule has 0 aliphatic carbocycles. The van der Waals surface area contributed by atoms with Crippen molar-refractivity contribution in [1.82, 2.24) is 0 Å². The summed E-state index contributed by atoms with van der Waals surface area (Å²) in [5.41, 5.74) is -27.4. The third-order valence-electron chi connectivity index (χ3n) is 10.0. The van der Waals surface area contributed by atoms with Gasteiger partial charge in [-0.15, -0.1) is 0 Å². The minimum absolute atomic E-state index is 0.527. The van der Waals surface area contributed by atoms with E-state index >= 15 is 0 Å². The van der Waals surface area contributed by atoms with Crippen LogP contribution in [0.4, 0.5) is 105 Å². The molecule has 0 bridgehead atoms. The molecule has 0 atom stereocenters. The number of rotatable bonds is 6. The zero-order valence-corrected chi connectivity index (χ0v) is 34.8. The molecule has 0 spiro atoms. The van der Waals surface area contributed by atoms with Crippen LogP contribution < -0.4 is 21.9 Å². The van der Waals surface area contributed by atoms with E-state index < -0.39 is 195 Å². The minimum atomic E-state index is -6.13. The molecule has 0 fully saturated rings. The van der Waals surface area contributed by atoms with Gasteiger partial charge in [0.2, 0.25) is 0 Å². The van der Waals surface area contributed by atoms with E-state index in [0.29, 0.717) is 10.9 Å². The van der Waals surface area contributed by atoms with E-state index in [0.717, 1.165) is 0 Å². The lowest BCUT2D eigenvalue weighted by atomic mass is 9.12. The molecule has 0 radical (unpaired) electrons. The van der Waals surface area contributed by atoms with Crippen LogP contribution in [0, 0.1) is 6.92 Å². The molecule has 0 aliphatic rings. The van der Waals surface area contributed by atoms with E-state index in [1.54, 1.807) is 0 Å². The first-order valence-corrected chi connectivity index (χ1v) is 20.6. The third-order valence-corrected chi connectivity index (χ3v) is 10.9. The van der Waals surface area contributed by atoms with Crippen LogP contribution in [0.1, 0.15) is 55.6 Å². The second kappa shape index (κ2) is 18.6. The van der Waals surface area contributed by atoms with Gasteiger partial charge in [0.25, 0.3) is 0 Å². The summed E-state index contributed by atoms with van der Waals surface area (Å²) in [5, 5.41) is 0. The van der Waals surface area contributed by atoms with Gasteiger partial charge in [0, 0.05) is 5.56 Å². The van der Waals surface area contributed by atoms with Crippen molar-refractivity contribution in [3.8, 4) is 0 Å². The van der Waals surface area contributed by atoms with Crippen LogP contribution in [-0.2, 0) is 66.1 Å². The number of alkyl halides is 24. The summed E-state index contributed by atoms with van der Waals surface area (Å²) in [6.45, 7) is 2.13. The highest BCUT2D eigenvalue weighted by Gasteiger charge is 2.47. The van der Waals surface area contributed by atoms with Gasteiger partial charge in [0.05, 0.1) is 57.0 Å². The van der Waals surface area contributed by atoms with Crippen LogP contribution in [0.3, 0.4) is 0 Å². The van der Waals surface area contributed by atoms with Crippen molar-refractivity contribution in [2.24, 2.45) is 0 Å². The van der Waals surface area contributed by atoms with E-state index in [9.17, 15) is 105 Å². The summed E-state index contributed by atoms with van der Waals surface area (Å²) in [6, 6.07) is 0.00423. The molecule has 0 unspecified atom stereocenters. The van der Waals surface area contributed by atoms with Crippen molar-refractivity contribution >= 4 is 38.9 Å². The largest absolute Gasteiger partial charge is 0.416 e. The molecule has 372 valence electrons. The molecule has 0 heterocycles. The molecule has 0 N–H and O–H groups in total. The van der Waals surface area contributed by atoms with E-state index in [4.69, 9.17) is 0 Å². The van der Waals surface area contributed by atoms with Crippen LogP contribution in [0.15, 0.2) is 97.1 Å². The van der Waals surface area contributed by atoms with Crippen LogP contribution >= 0.6 is 0 Å². The molecule has 0 saturated carbocycles. The summed E-state index contributed by atoms with van der Waals surface area (Å²) < 4.78 is 341. The first kappa shape index (κ1) is 55.4. The Bertz CT molecular complexity index is 2130. The standard InChI is InChI=1S/C32H12BF24.C10H15S/c34-25(35,36)13-1-14(26(37,38)39)6-21(5-13)33(22-7-15(27(40,41)42)2-16(8-22)28(43,44)45,23-9-17(29(46,47)48)3-18(10-23)30(49,50)51)24-11-19(31(52,53)54)4-20(12-24)32(55,56)57;1-9-4-6-10(7-5-9)8-11(2)3/h1-12H;4-7H,8H2,1-3H3/q-1;+1. The van der Waals surface area contributed by atoms with Gasteiger partial charge >= 0.3 is 49.4 Å². The second-order valence-corrected chi connectivity index (χ2v) is 17.6. The van der Waals surface area contributed by atoms with Crippen molar-refractivity contribution in [3.63, 3.8) is 0 Å². The highest BCUT2D eigenvalue weighted by molar-refractivity contribution is 7.94. The summed E-state index contributed by atoms with van der Waals surface area (Å²) in [4.78, 5) is 0. The predicted octanol–water partition coefficient (Wildman–Crippen LogP) is 13.6. The minimum Gasteiger partial charge on any atom is -0.194 e. The molecule has 5 rings (SSSR count). The second-order valence-electron chi connectivity index (χ2n) is 15.3. The molecular formula is C42H27BF24S. The fraction of sp³-hybridized carbons (Fsp3) is 0.286. The maximum atomic E-state index is 14.2. The molecule has 68 heavy (non-hydrogen) atoms. The lowest BCUT2D eigenvalue weighted by Gasteiger charge is -2.46. The van der Waals surface area contributed by atoms with E-state index in [1.807, 2.05) is 0 Å². The Morgan fingerprint density at radius 3 is 0.632 bits per heavy atom. The Balaban J connectivity index is 0.000000802. The highest BCUT2D eigenvalue weighted by Crippen LogP contribution is 2.41. The topological polar surface area (TPSA) is 0 Å². The smallest absolute Gasteiger partial charge is 0.194 e. The Morgan fingerprint density at radius 1 is 0.309 bits per heavy atom. The van der Waals surface area contributed by atoms with Gasteiger partial charge in [-0.25, -0.2) is 0 Å². The van der Waals surface area contributed by atoms with Crippen LogP contribution in [0.5, 0.6) is 0 Å². The highest BCUT2D eigenvalue weighted by atomic mass is 32.2. The van der Waals surface area contributed by atoms with Crippen LogP contribution in [-0.4, -0.2) is 18.7 Å². The zero-order valence-electron chi connectivity index (χ0n) is 34.0. The monoisotopic (exact) mass is 1030 g/mol. The molecule has 0 aliphatic heterocycles. The van der Waals surface area contributed by atoms with Gasteiger partial charge in [-0.1, -0.05) is 78.4 Å². The van der Waals surface area contributed by atoms with E-state index in [1.165, 1.54) is 16.9 Å². The molecular weight excluding hydrogens is 1000 g/mol. The molecule has 26 heteroatoms. The summed E-state index contributed by atoms with van der Waals surface area (Å²) >= 11 is 0. The quantitative estimate of drug-likeness (QED) is 0.0903. The van der Waals surface area contributed by atoms with Crippen molar-refractivity contribution < 1.29 is 105 Å². The molecule has 0 nitrogen and oxygen atoms in total. The van der Waals surface area contributed by atoms with Gasteiger partial charge in [-0.3, -0.25) is 0 Å². The fourth-order valence-corrected chi connectivity index (χ4v) is 7.95. The SMILES string of the molecule is Cc1ccc(C[S+](C)C)cc1.FC(F)(F)c1cc([B-](c2cc(C(F)(F)F)cc(C(F)(F)F)c2)(c2cc(C(F)(F)F)cc(C(F)(F)F)c2)c2cc(C(F)(F)F)cc(C(F)(F)F)c2)cc(C(F)(F)F)c1. The maximum Gasteiger partial charge on any atom is 0.416 e. The van der Waals surface area contributed by atoms with Crippen molar-refractivity contribution in [2.75, 3.05) is 12.5 Å². The van der Waals surface area contributed by atoms with Gasteiger partial charge in [0.1, 0.15) is 11.9 Å². The molecule has 0 saturated heterocycles. The van der Waals surface area contributed by atoms with Crippen LogP contribution in [0.2, 0.25) is 0 Å². The molecule has 0 aromatic heterocycles. The van der Waals surface area contributed by atoms with Crippen molar-refractivity contribution in [3.05, 3.63) is 153 Å².